The zero-order valence-electron chi connectivity index (χ0n) is 20.5. The summed E-state index contributed by atoms with van der Waals surface area (Å²) in [5, 5.41) is 0. The van der Waals surface area contributed by atoms with Gasteiger partial charge in [-0.1, -0.05) is 76.8 Å². The molecule has 1 radical (unpaired) electrons. The number of carbonyl (C=O) groups is 1. The maximum Gasteiger partial charge on any atom is 0.205 e. The Hall–Kier alpha value is -1.52. The fourth-order valence-corrected chi connectivity index (χ4v) is 3.36. The predicted molar refractivity (Wildman–Crippen MR) is 129 cm³/mol. The normalized spacial score (nSPS) is 13.7. The highest BCUT2D eigenvalue weighted by atomic mass is 16.7. The number of benzene rings is 1. The van der Waals surface area contributed by atoms with Crippen LogP contribution in [-0.2, 0) is 25.5 Å². The van der Waals surface area contributed by atoms with Gasteiger partial charge in [0.1, 0.15) is 6.29 Å². The van der Waals surface area contributed by atoms with Crippen LogP contribution in [0.3, 0.4) is 0 Å². The molecule has 0 saturated carbocycles. The van der Waals surface area contributed by atoms with Gasteiger partial charge in [0.2, 0.25) is 6.29 Å². The summed E-state index contributed by atoms with van der Waals surface area (Å²) in [4.78, 5) is 21.9. The van der Waals surface area contributed by atoms with Gasteiger partial charge >= 0.3 is 0 Å². The number of aldehydes is 1. The van der Waals surface area contributed by atoms with Gasteiger partial charge in [0.05, 0.1) is 6.61 Å². The van der Waals surface area contributed by atoms with Crippen molar-refractivity contribution in [3.63, 3.8) is 0 Å². The SMILES string of the molecule is CCCCCCC([C]=O)(CC=O)CCC(C)C.CCOC(C)OCCc1ccccc1. The minimum atomic E-state index is -0.500. The second-order valence-corrected chi connectivity index (χ2v) is 8.63. The number of hydrogen-bond donors (Lipinski definition) is 0. The zero-order chi connectivity index (χ0) is 23.4. The number of rotatable bonds is 17. The van der Waals surface area contributed by atoms with E-state index in [0.717, 1.165) is 44.8 Å². The van der Waals surface area contributed by atoms with Crippen molar-refractivity contribution < 1.29 is 19.1 Å². The Morgan fingerprint density at radius 1 is 1.00 bits per heavy atom. The summed E-state index contributed by atoms with van der Waals surface area (Å²) in [6, 6.07) is 10.3. The highest BCUT2D eigenvalue weighted by Crippen LogP contribution is 2.33. The minimum Gasteiger partial charge on any atom is -0.353 e. The van der Waals surface area contributed by atoms with Gasteiger partial charge in [-0.05, 0) is 51.0 Å². The van der Waals surface area contributed by atoms with E-state index < -0.39 is 5.41 Å². The van der Waals surface area contributed by atoms with Gasteiger partial charge in [-0.25, -0.2) is 0 Å². The molecule has 31 heavy (non-hydrogen) atoms. The minimum absolute atomic E-state index is 0.0938. The van der Waals surface area contributed by atoms with E-state index in [9.17, 15) is 9.59 Å². The van der Waals surface area contributed by atoms with E-state index in [1.54, 1.807) is 0 Å². The van der Waals surface area contributed by atoms with Crippen molar-refractivity contribution >= 4 is 12.6 Å². The molecule has 0 N–H and O–H groups in total. The van der Waals surface area contributed by atoms with Crippen molar-refractivity contribution in [3.05, 3.63) is 35.9 Å². The first-order valence-electron chi connectivity index (χ1n) is 12.0. The van der Waals surface area contributed by atoms with Crippen molar-refractivity contribution in [2.24, 2.45) is 11.3 Å². The Bertz CT molecular complexity index is 543. The number of ether oxygens (including phenoxy) is 2. The lowest BCUT2D eigenvalue weighted by atomic mass is 9.76. The van der Waals surface area contributed by atoms with Crippen molar-refractivity contribution in [1.29, 1.82) is 0 Å². The van der Waals surface area contributed by atoms with E-state index in [1.165, 1.54) is 18.4 Å². The van der Waals surface area contributed by atoms with E-state index in [4.69, 9.17) is 9.47 Å². The molecule has 2 atom stereocenters. The maximum atomic E-state index is 11.2. The zero-order valence-corrected chi connectivity index (χ0v) is 20.5. The molecule has 4 nitrogen and oxygen atoms in total. The molecular weight excluding hydrogens is 388 g/mol. The molecular formula is C27H45O4. The van der Waals surface area contributed by atoms with Crippen LogP contribution in [0.25, 0.3) is 0 Å². The highest BCUT2D eigenvalue weighted by Gasteiger charge is 2.29. The van der Waals surface area contributed by atoms with Gasteiger partial charge in [0.25, 0.3) is 0 Å². The smallest absolute Gasteiger partial charge is 0.205 e. The first kappa shape index (κ1) is 29.5. The van der Waals surface area contributed by atoms with Gasteiger partial charge in [-0.2, -0.15) is 0 Å². The first-order chi connectivity index (χ1) is 14.9. The fraction of sp³-hybridized carbons (Fsp3) is 0.704. The Kier molecular flexibility index (Phi) is 18.2. The van der Waals surface area contributed by atoms with Crippen LogP contribution in [0.1, 0.15) is 91.5 Å². The predicted octanol–water partition coefficient (Wildman–Crippen LogP) is 6.71. The second kappa shape index (κ2) is 19.2. The van der Waals surface area contributed by atoms with E-state index in [2.05, 4.69) is 39.2 Å². The van der Waals surface area contributed by atoms with Gasteiger partial charge in [-0.3, -0.25) is 4.79 Å². The van der Waals surface area contributed by atoms with Crippen LogP contribution in [-0.4, -0.2) is 32.1 Å². The third-order valence-corrected chi connectivity index (χ3v) is 5.39. The average Bonchev–Trinajstić information content (AvgIpc) is 2.76. The molecule has 0 heterocycles. The van der Waals surface area contributed by atoms with E-state index in [-0.39, 0.29) is 6.29 Å². The summed E-state index contributed by atoms with van der Waals surface area (Å²) in [7, 11) is 0. The van der Waals surface area contributed by atoms with Gasteiger partial charge in [0, 0.05) is 18.4 Å². The van der Waals surface area contributed by atoms with Crippen LogP contribution in [0.5, 0.6) is 0 Å². The molecule has 0 aromatic heterocycles. The van der Waals surface area contributed by atoms with Crippen molar-refractivity contribution in [2.75, 3.05) is 13.2 Å². The third-order valence-electron chi connectivity index (χ3n) is 5.39. The number of hydrogen-bond acceptors (Lipinski definition) is 4. The van der Waals surface area contributed by atoms with E-state index in [1.807, 2.05) is 32.0 Å². The standard InChI is InChI=1S/C15H27O2.C12H18O2/c1-4-5-6-7-9-15(13-17,11-12-16)10-8-14(2)3;1-3-13-11(2)14-10-9-12-7-5-4-6-8-12/h12,14H,4-11H2,1-3H3;4-8,11H,3,9-10H2,1-2H3. The summed E-state index contributed by atoms with van der Waals surface area (Å²) >= 11 is 0. The fourth-order valence-electron chi connectivity index (χ4n) is 3.36. The van der Waals surface area contributed by atoms with Crippen molar-refractivity contribution in [3.8, 4) is 0 Å². The Morgan fingerprint density at radius 3 is 2.26 bits per heavy atom. The average molecular weight is 434 g/mol. The molecule has 177 valence electrons. The summed E-state index contributed by atoms with van der Waals surface area (Å²) in [6.45, 7) is 11.8. The monoisotopic (exact) mass is 433 g/mol. The number of carbonyl (C=O) groups excluding carboxylic acids is 2. The van der Waals surface area contributed by atoms with E-state index >= 15 is 0 Å². The topological polar surface area (TPSA) is 52.6 Å². The van der Waals surface area contributed by atoms with Gasteiger partial charge in [-0.15, -0.1) is 0 Å². The van der Waals surface area contributed by atoms with Crippen LogP contribution in [0.2, 0.25) is 0 Å². The molecule has 0 amide bonds. The van der Waals surface area contributed by atoms with E-state index in [0.29, 0.717) is 25.6 Å². The first-order valence-corrected chi connectivity index (χ1v) is 12.0. The van der Waals surface area contributed by atoms with Crippen molar-refractivity contribution in [1.82, 2.24) is 0 Å². The lowest BCUT2D eigenvalue weighted by molar-refractivity contribution is -0.126. The molecule has 4 heteroatoms. The molecule has 0 saturated heterocycles. The Balaban J connectivity index is 0.000000590. The third kappa shape index (κ3) is 15.9. The van der Waals surface area contributed by atoms with Gasteiger partial charge in [0.15, 0.2) is 6.29 Å². The molecule has 2 unspecified atom stereocenters. The molecule has 1 rings (SSSR count). The van der Waals surface area contributed by atoms with Crippen LogP contribution < -0.4 is 0 Å². The molecule has 1 aromatic rings. The number of unbranched alkanes of at least 4 members (excludes halogenated alkanes) is 3. The van der Waals surface area contributed by atoms with Crippen LogP contribution >= 0.6 is 0 Å². The summed E-state index contributed by atoms with van der Waals surface area (Å²) < 4.78 is 10.7. The molecule has 0 fully saturated rings. The lowest BCUT2D eigenvalue weighted by Gasteiger charge is -2.25. The highest BCUT2D eigenvalue weighted by molar-refractivity contribution is 5.67. The lowest BCUT2D eigenvalue weighted by Crippen LogP contribution is -2.24. The summed E-state index contributed by atoms with van der Waals surface area (Å²) in [5.74, 6) is 0.574. The molecule has 1 aromatic carbocycles. The van der Waals surface area contributed by atoms with Crippen LogP contribution in [0, 0.1) is 11.3 Å². The van der Waals surface area contributed by atoms with Crippen LogP contribution in [0.15, 0.2) is 30.3 Å². The summed E-state index contributed by atoms with van der Waals surface area (Å²) in [6.07, 6.45) is 11.5. The van der Waals surface area contributed by atoms with Crippen molar-refractivity contribution in [2.45, 2.75) is 98.7 Å². The second-order valence-electron chi connectivity index (χ2n) is 8.63. The molecule has 0 aliphatic rings. The maximum absolute atomic E-state index is 11.2. The molecule has 0 aliphatic heterocycles. The van der Waals surface area contributed by atoms with Crippen LogP contribution in [0.4, 0.5) is 0 Å². The van der Waals surface area contributed by atoms with Gasteiger partial charge < -0.3 is 14.3 Å². The molecule has 0 bridgehead atoms. The largest absolute Gasteiger partial charge is 0.353 e. The summed E-state index contributed by atoms with van der Waals surface area (Å²) in [5.41, 5.74) is 0.802. The molecule has 0 spiro atoms. The quantitative estimate of drug-likeness (QED) is 0.156. The Labute approximate surface area is 191 Å². The Morgan fingerprint density at radius 2 is 1.71 bits per heavy atom. The molecule has 0 aliphatic carbocycles.